The third-order valence-corrected chi connectivity index (χ3v) is 2.72. The zero-order chi connectivity index (χ0) is 12.8. The molecule has 0 saturated carbocycles. The lowest BCUT2D eigenvalue weighted by Gasteiger charge is -2.12. The zero-order valence-electron chi connectivity index (χ0n) is 9.26. The van der Waals surface area contributed by atoms with Gasteiger partial charge in [-0.1, -0.05) is 23.2 Å². The third-order valence-electron chi connectivity index (χ3n) is 1.98. The first kappa shape index (κ1) is 13.7. The molecule has 2 amide bonds. The number of anilines is 1. The molecule has 2 N–H and O–H groups in total. The highest BCUT2D eigenvalue weighted by atomic mass is 35.5. The Balaban J connectivity index is 2.57. The minimum Gasteiger partial charge on any atom is -0.334 e. The van der Waals surface area contributed by atoms with Gasteiger partial charge in [0.2, 0.25) is 0 Å². The van der Waals surface area contributed by atoms with Crippen LogP contribution in [0.4, 0.5) is 10.5 Å². The Kier molecular flexibility index (Phi) is 5.14. The second-order valence-electron chi connectivity index (χ2n) is 3.54. The van der Waals surface area contributed by atoms with Crippen molar-refractivity contribution >= 4 is 34.9 Å². The van der Waals surface area contributed by atoms with Crippen LogP contribution >= 0.6 is 23.2 Å². The SMILES string of the molecule is C#CCC(C)NC(=O)Nc1ccc(Cl)c(Cl)c1. The van der Waals surface area contributed by atoms with E-state index in [1.807, 2.05) is 6.92 Å². The van der Waals surface area contributed by atoms with E-state index in [1.165, 1.54) is 0 Å². The molecule has 0 aromatic heterocycles. The predicted octanol–water partition coefficient (Wildman–Crippen LogP) is 3.53. The summed E-state index contributed by atoms with van der Waals surface area (Å²) >= 11 is 11.6. The van der Waals surface area contributed by atoms with Crippen LogP contribution in [0.3, 0.4) is 0 Å². The molecule has 0 aliphatic carbocycles. The molecule has 5 heteroatoms. The summed E-state index contributed by atoms with van der Waals surface area (Å²) in [6, 6.07) is 4.45. The molecular weight excluding hydrogens is 259 g/mol. The highest BCUT2D eigenvalue weighted by Gasteiger charge is 2.07. The van der Waals surface area contributed by atoms with Crippen LogP contribution < -0.4 is 10.6 Å². The molecule has 0 aliphatic rings. The number of hydrogen-bond acceptors (Lipinski definition) is 1. The summed E-state index contributed by atoms with van der Waals surface area (Å²) in [5.74, 6) is 2.47. The normalized spacial score (nSPS) is 11.4. The number of urea groups is 1. The van der Waals surface area contributed by atoms with E-state index in [4.69, 9.17) is 29.6 Å². The van der Waals surface area contributed by atoms with Crippen molar-refractivity contribution in [2.24, 2.45) is 0 Å². The predicted molar refractivity (Wildman–Crippen MR) is 71.5 cm³/mol. The third kappa shape index (κ3) is 4.56. The summed E-state index contributed by atoms with van der Waals surface area (Å²) in [4.78, 5) is 11.5. The van der Waals surface area contributed by atoms with Crippen molar-refractivity contribution < 1.29 is 4.79 Å². The average molecular weight is 271 g/mol. The van der Waals surface area contributed by atoms with Crippen molar-refractivity contribution in [1.29, 1.82) is 0 Å². The Morgan fingerprint density at radius 1 is 1.47 bits per heavy atom. The van der Waals surface area contributed by atoms with Crippen LogP contribution in [-0.2, 0) is 0 Å². The Morgan fingerprint density at radius 3 is 2.76 bits per heavy atom. The quantitative estimate of drug-likeness (QED) is 0.811. The molecule has 0 saturated heterocycles. The van der Waals surface area contributed by atoms with Crippen LogP contribution in [0.1, 0.15) is 13.3 Å². The second-order valence-corrected chi connectivity index (χ2v) is 4.35. The monoisotopic (exact) mass is 270 g/mol. The highest BCUT2D eigenvalue weighted by Crippen LogP contribution is 2.24. The van der Waals surface area contributed by atoms with Gasteiger partial charge in [0, 0.05) is 18.2 Å². The lowest BCUT2D eigenvalue weighted by molar-refractivity contribution is 0.249. The van der Waals surface area contributed by atoms with E-state index in [0.717, 1.165) is 0 Å². The van der Waals surface area contributed by atoms with Crippen LogP contribution in [0.15, 0.2) is 18.2 Å². The molecule has 1 atom stereocenters. The van der Waals surface area contributed by atoms with Gasteiger partial charge in [0.05, 0.1) is 10.0 Å². The van der Waals surface area contributed by atoms with E-state index in [9.17, 15) is 4.79 Å². The van der Waals surface area contributed by atoms with Gasteiger partial charge in [-0.3, -0.25) is 0 Å². The number of hydrogen-bond donors (Lipinski definition) is 2. The van der Waals surface area contributed by atoms with Crippen LogP contribution in [0.2, 0.25) is 10.0 Å². The van der Waals surface area contributed by atoms with E-state index in [1.54, 1.807) is 18.2 Å². The standard InChI is InChI=1S/C12H12Cl2N2O/c1-3-4-8(2)15-12(17)16-9-5-6-10(13)11(14)7-9/h1,5-8H,4H2,2H3,(H2,15,16,17). The summed E-state index contributed by atoms with van der Waals surface area (Å²) in [5.41, 5.74) is 0.574. The summed E-state index contributed by atoms with van der Waals surface area (Å²) in [7, 11) is 0. The van der Waals surface area contributed by atoms with Gasteiger partial charge >= 0.3 is 6.03 Å². The van der Waals surface area contributed by atoms with Gasteiger partial charge in [-0.25, -0.2) is 4.79 Å². The summed E-state index contributed by atoms with van der Waals surface area (Å²) in [6.07, 6.45) is 5.62. The molecule has 3 nitrogen and oxygen atoms in total. The molecule has 90 valence electrons. The van der Waals surface area contributed by atoms with Crippen LogP contribution in [0, 0.1) is 12.3 Å². The topological polar surface area (TPSA) is 41.1 Å². The van der Waals surface area contributed by atoms with Crippen molar-refractivity contribution in [1.82, 2.24) is 5.32 Å². The first-order chi connectivity index (χ1) is 8.02. The van der Waals surface area contributed by atoms with E-state index in [-0.39, 0.29) is 12.1 Å². The van der Waals surface area contributed by atoms with Crippen molar-refractivity contribution in [3.63, 3.8) is 0 Å². The maximum atomic E-state index is 11.5. The molecule has 1 aromatic rings. The van der Waals surface area contributed by atoms with Gasteiger partial charge in [0.25, 0.3) is 0 Å². The summed E-state index contributed by atoms with van der Waals surface area (Å²) < 4.78 is 0. The number of carbonyl (C=O) groups is 1. The fourth-order valence-electron chi connectivity index (χ4n) is 1.19. The Morgan fingerprint density at radius 2 is 2.18 bits per heavy atom. The Labute approximate surface area is 110 Å². The highest BCUT2D eigenvalue weighted by molar-refractivity contribution is 6.42. The largest absolute Gasteiger partial charge is 0.334 e. The molecule has 0 spiro atoms. The van der Waals surface area contributed by atoms with E-state index in [2.05, 4.69) is 16.6 Å². The Hall–Kier alpha value is -1.37. The molecule has 0 heterocycles. The molecule has 17 heavy (non-hydrogen) atoms. The lowest BCUT2D eigenvalue weighted by Crippen LogP contribution is -2.35. The number of terminal acetylenes is 1. The molecular formula is C12H12Cl2N2O. The molecule has 0 fully saturated rings. The molecule has 1 aromatic carbocycles. The number of amides is 2. The van der Waals surface area contributed by atoms with Gasteiger partial charge in [-0.2, -0.15) is 0 Å². The maximum absolute atomic E-state index is 11.5. The van der Waals surface area contributed by atoms with E-state index in [0.29, 0.717) is 22.2 Å². The zero-order valence-corrected chi connectivity index (χ0v) is 10.8. The molecule has 1 rings (SSSR count). The number of nitrogens with one attached hydrogen (secondary N) is 2. The molecule has 0 radical (unpaired) electrons. The maximum Gasteiger partial charge on any atom is 0.319 e. The van der Waals surface area contributed by atoms with Gasteiger partial charge in [0.1, 0.15) is 0 Å². The summed E-state index contributed by atoms with van der Waals surface area (Å²) in [5, 5.41) is 6.17. The smallest absolute Gasteiger partial charge is 0.319 e. The van der Waals surface area contributed by atoms with Crippen molar-refractivity contribution in [2.75, 3.05) is 5.32 Å². The fraction of sp³-hybridized carbons (Fsp3) is 0.250. The van der Waals surface area contributed by atoms with Crippen molar-refractivity contribution in [2.45, 2.75) is 19.4 Å². The number of halogens is 2. The number of rotatable bonds is 3. The van der Waals surface area contributed by atoms with Crippen molar-refractivity contribution in [3.8, 4) is 12.3 Å². The first-order valence-electron chi connectivity index (χ1n) is 4.99. The van der Waals surface area contributed by atoms with Gasteiger partial charge in [0.15, 0.2) is 0 Å². The first-order valence-corrected chi connectivity index (χ1v) is 5.74. The van der Waals surface area contributed by atoms with E-state index >= 15 is 0 Å². The minimum absolute atomic E-state index is 0.0808. The van der Waals surface area contributed by atoms with Crippen molar-refractivity contribution in [3.05, 3.63) is 28.2 Å². The number of benzene rings is 1. The van der Waals surface area contributed by atoms with Gasteiger partial charge in [-0.15, -0.1) is 12.3 Å². The van der Waals surface area contributed by atoms with Crippen LogP contribution in [0.25, 0.3) is 0 Å². The van der Waals surface area contributed by atoms with Crippen LogP contribution in [-0.4, -0.2) is 12.1 Å². The summed E-state index contributed by atoms with van der Waals surface area (Å²) in [6.45, 7) is 1.83. The minimum atomic E-state index is -0.328. The average Bonchev–Trinajstić information content (AvgIpc) is 2.23. The molecule has 0 bridgehead atoms. The second kappa shape index (κ2) is 6.39. The fourth-order valence-corrected chi connectivity index (χ4v) is 1.49. The Bertz CT molecular complexity index is 454. The van der Waals surface area contributed by atoms with Gasteiger partial charge in [-0.05, 0) is 25.1 Å². The van der Waals surface area contributed by atoms with Crippen LogP contribution in [0.5, 0.6) is 0 Å². The molecule has 1 unspecified atom stereocenters. The molecule has 0 aliphatic heterocycles. The number of carbonyl (C=O) groups excluding carboxylic acids is 1. The lowest BCUT2D eigenvalue weighted by atomic mass is 10.2. The van der Waals surface area contributed by atoms with E-state index < -0.39 is 0 Å². The van der Waals surface area contributed by atoms with Gasteiger partial charge < -0.3 is 10.6 Å².